The number of pyridine rings is 1. The standard InChI is InChI=1S/C13H10FN3O4/c1-7-4-12(18)9(6-15-7)13(19)16-10-5-8(14)2-3-11(10)17(20)21/h2-6H,1H3,(H,15,18)(H,16,19). The molecule has 0 saturated carbocycles. The Morgan fingerprint density at radius 2 is 2.10 bits per heavy atom. The summed E-state index contributed by atoms with van der Waals surface area (Å²) in [7, 11) is 0. The summed E-state index contributed by atoms with van der Waals surface area (Å²) < 4.78 is 13.2. The van der Waals surface area contributed by atoms with Crippen molar-refractivity contribution in [2.24, 2.45) is 0 Å². The molecule has 8 heteroatoms. The molecule has 7 nitrogen and oxygen atoms in total. The average Bonchev–Trinajstić information content (AvgIpc) is 2.37. The number of aromatic nitrogens is 1. The fourth-order valence-corrected chi connectivity index (χ4v) is 1.71. The molecule has 21 heavy (non-hydrogen) atoms. The first kappa shape index (κ1) is 14.4. The van der Waals surface area contributed by atoms with Crippen LogP contribution in [0.4, 0.5) is 15.8 Å². The van der Waals surface area contributed by atoms with Crippen molar-refractivity contribution in [1.82, 2.24) is 4.98 Å². The fourth-order valence-electron chi connectivity index (χ4n) is 1.71. The van der Waals surface area contributed by atoms with Gasteiger partial charge in [0.25, 0.3) is 11.6 Å². The summed E-state index contributed by atoms with van der Waals surface area (Å²) in [4.78, 5) is 36.4. The second kappa shape index (κ2) is 5.53. The third-order valence-electron chi connectivity index (χ3n) is 2.71. The van der Waals surface area contributed by atoms with Crippen LogP contribution in [0.3, 0.4) is 0 Å². The maximum atomic E-state index is 13.2. The molecule has 2 aromatic rings. The van der Waals surface area contributed by atoms with E-state index in [2.05, 4.69) is 10.3 Å². The maximum Gasteiger partial charge on any atom is 0.292 e. The Morgan fingerprint density at radius 3 is 2.71 bits per heavy atom. The largest absolute Gasteiger partial charge is 0.364 e. The van der Waals surface area contributed by atoms with Gasteiger partial charge in [-0.25, -0.2) is 4.39 Å². The highest BCUT2D eigenvalue weighted by molar-refractivity contribution is 6.05. The monoisotopic (exact) mass is 291 g/mol. The van der Waals surface area contributed by atoms with Crippen molar-refractivity contribution >= 4 is 17.3 Å². The number of nitrogens with zero attached hydrogens (tertiary/aromatic N) is 1. The number of nitrogens with one attached hydrogen (secondary N) is 2. The van der Waals surface area contributed by atoms with Crippen LogP contribution in [0, 0.1) is 22.9 Å². The molecule has 0 bridgehead atoms. The second-order valence-corrected chi connectivity index (χ2v) is 4.27. The Kier molecular flexibility index (Phi) is 3.79. The lowest BCUT2D eigenvalue weighted by Crippen LogP contribution is -2.22. The van der Waals surface area contributed by atoms with Gasteiger partial charge in [-0.05, 0) is 13.0 Å². The van der Waals surface area contributed by atoms with Gasteiger partial charge in [0, 0.05) is 30.1 Å². The molecule has 0 radical (unpaired) electrons. The van der Waals surface area contributed by atoms with Gasteiger partial charge in [0.2, 0.25) is 0 Å². The van der Waals surface area contributed by atoms with Crippen molar-refractivity contribution in [2.45, 2.75) is 6.92 Å². The first-order chi connectivity index (χ1) is 9.88. The summed E-state index contributed by atoms with van der Waals surface area (Å²) in [5.41, 5.74) is -0.978. The third-order valence-corrected chi connectivity index (χ3v) is 2.71. The normalized spacial score (nSPS) is 10.2. The quantitative estimate of drug-likeness (QED) is 0.666. The zero-order valence-electron chi connectivity index (χ0n) is 10.8. The van der Waals surface area contributed by atoms with Gasteiger partial charge in [-0.1, -0.05) is 0 Å². The Morgan fingerprint density at radius 1 is 1.38 bits per heavy atom. The number of amides is 1. The molecule has 2 N–H and O–H groups in total. The fraction of sp³-hybridized carbons (Fsp3) is 0.0769. The predicted molar refractivity (Wildman–Crippen MR) is 72.8 cm³/mol. The average molecular weight is 291 g/mol. The minimum absolute atomic E-state index is 0.223. The highest BCUT2D eigenvalue weighted by Gasteiger charge is 2.18. The van der Waals surface area contributed by atoms with Crippen LogP contribution in [-0.4, -0.2) is 15.8 Å². The lowest BCUT2D eigenvalue weighted by Gasteiger charge is -2.06. The van der Waals surface area contributed by atoms with Crippen LogP contribution in [0.1, 0.15) is 16.1 Å². The Bertz CT molecular complexity index is 785. The molecule has 2 rings (SSSR count). The maximum absolute atomic E-state index is 13.2. The molecule has 0 unspecified atom stereocenters. The van der Waals surface area contributed by atoms with Crippen molar-refractivity contribution in [3.63, 3.8) is 0 Å². The molecule has 0 saturated heterocycles. The number of nitro benzene ring substituents is 1. The molecule has 1 aromatic heterocycles. The molecular weight excluding hydrogens is 281 g/mol. The highest BCUT2D eigenvalue weighted by Crippen LogP contribution is 2.25. The van der Waals surface area contributed by atoms with Crippen molar-refractivity contribution in [3.8, 4) is 0 Å². The van der Waals surface area contributed by atoms with E-state index in [1.165, 1.54) is 12.3 Å². The van der Waals surface area contributed by atoms with Gasteiger partial charge in [0.05, 0.1) is 4.92 Å². The van der Waals surface area contributed by atoms with Crippen LogP contribution in [0.5, 0.6) is 0 Å². The molecule has 1 aromatic carbocycles. The van der Waals surface area contributed by atoms with Crippen LogP contribution in [0.15, 0.2) is 35.3 Å². The minimum Gasteiger partial charge on any atom is -0.364 e. The molecule has 0 fully saturated rings. The molecule has 1 heterocycles. The number of hydrogen-bond donors (Lipinski definition) is 2. The van der Waals surface area contributed by atoms with E-state index in [9.17, 15) is 24.1 Å². The van der Waals surface area contributed by atoms with E-state index >= 15 is 0 Å². The number of nitro groups is 1. The number of benzene rings is 1. The number of aryl methyl sites for hydroxylation is 1. The van der Waals surface area contributed by atoms with Crippen LogP contribution in [0.2, 0.25) is 0 Å². The highest BCUT2D eigenvalue weighted by atomic mass is 19.1. The SMILES string of the molecule is Cc1cc(=O)c(C(=O)Nc2cc(F)ccc2[N+](=O)[O-])c[nH]1. The first-order valence-electron chi connectivity index (χ1n) is 5.83. The number of H-pyrrole nitrogens is 1. The molecule has 0 aliphatic heterocycles. The first-order valence-corrected chi connectivity index (χ1v) is 5.83. The van der Waals surface area contributed by atoms with Gasteiger partial charge in [-0.2, -0.15) is 0 Å². The van der Waals surface area contributed by atoms with E-state index in [4.69, 9.17) is 0 Å². The van der Waals surface area contributed by atoms with Crippen molar-refractivity contribution in [1.29, 1.82) is 0 Å². The molecule has 0 spiro atoms. The summed E-state index contributed by atoms with van der Waals surface area (Å²) in [5.74, 6) is -1.60. The van der Waals surface area contributed by atoms with Crippen LogP contribution in [-0.2, 0) is 0 Å². The number of anilines is 1. The number of aromatic amines is 1. The van der Waals surface area contributed by atoms with Gasteiger partial charge in [-0.3, -0.25) is 19.7 Å². The van der Waals surface area contributed by atoms with E-state index in [1.807, 2.05) is 0 Å². The Hall–Kier alpha value is -3.03. The van der Waals surface area contributed by atoms with Crippen LogP contribution >= 0.6 is 0 Å². The number of carbonyl (C=O) groups is 1. The summed E-state index contributed by atoms with van der Waals surface area (Å²) in [6, 6.07) is 3.88. The van der Waals surface area contributed by atoms with Gasteiger partial charge >= 0.3 is 0 Å². The van der Waals surface area contributed by atoms with Gasteiger partial charge in [0.1, 0.15) is 17.1 Å². The molecule has 0 aliphatic rings. The van der Waals surface area contributed by atoms with Crippen molar-refractivity contribution in [3.05, 3.63) is 67.9 Å². The summed E-state index contributed by atoms with van der Waals surface area (Å²) in [5, 5.41) is 13.0. The van der Waals surface area contributed by atoms with Crippen LogP contribution < -0.4 is 10.7 Å². The van der Waals surface area contributed by atoms with E-state index < -0.39 is 27.8 Å². The zero-order chi connectivity index (χ0) is 15.6. The summed E-state index contributed by atoms with van der Waals surface area (Å²) in [6.45, 7) is 1.64. The van der Waals surface area contributed by atoms with E-state index in [1.54, 1.807) is 6.92 Å². The molecule has 108 valence electrons. The smallest absolute Gasteiger partial charge is 0.292 e. The number of halogens is 1. The predicted octanol–water partition coefficient (Wildman–Crippen LogP) is 1.98. The third kappa shape index (κ3) is 3.11. The minimum atomic E-state index is -0.857. The Balaban J connectivity index is 2.38. The van der Waals surface area contributed by atoms with E-state index in [-0.39, 0.29) is 11.3 Å². The number of hydrogen-bond acceptors (Lipinski definition) is 4. The van der Waals surface area contributed by atoms with E-state index in [0.29, 0.717) is 5.69 Å². The lowest BCUT2D eigenvalue weighted by atomic mass is 10.2. The molecule has 0 atom stereocenters. The topological polar surface area (TPSA) is 105 Å². The van der Waals surface area contributed by atoms with Crippen molar-refractivity contribution < 1.29 is 14.1 Å². The number of carbonyl (C=O) groups excluding carboxylic acids is 1. The van der Waals surface area contributed by atoms with Crippen LogP contribution in [0.25, 0.3) is 0 Å². The summed E-state index contributed by atoms with van der Waals surface area (Å²) in [6.07, 6.45) is 1.19. The lowest BCUT2D eigenvalue weighted by molar-refractivity contribution is -0.384. The molecular formula is C13H10FN3O4. The Labute approximate surface area is 117 Å². The summed E-state index contributed by atoms with van der Waals surface area (Å²) >= 11 is 0. The van der Waals surface area contributed by atoms with Gasteiger partial charge < -0.3 is 10.3 Å². The second-order valence-electron chi connectivity index (χ2n) is 4.27. The van der Waals surface area contributed by atoms with Crippen molar-refractivity contribution in [2.75, 3.05) is 5.32 Å². The zero-order valence-corrected chi connectivity index (χ0v) is 10.8. The van der Waals surface area contributed by atoms with E-state index in [0.717, 1.165) is 18.2 Å². The van der Waals surface area contributed by atoms with Gasteiger partial charge in [-0.15, -0.1) is 0 Å². The van der Waals surface area contributed by atoms with Gasteiger partial charge in [0.15, 0.2) is 5.43 Å². The molecule has 0 aliphatic carbocycles. The molecule has 1 amide bonds. The number of rotatable bonds is 3.